The van der Waals surface area contributed by atoms with Crippen LogP contribution in [-0.2, 0) is 4.74 Å². The predicted octanol–water partition coefficient (Wildman–Crippen LogP) is 2.45. The smallest absolute Gasteiger partial charge is 0.292 e. The van der Waals surface area contributed by atoms with E-state index in [1.54, 1.807) is 16.2 Å². The summed E-state index contributed by atoms with van der Waals surface area (Å²) in [6.45, 7) is 1.31. The van der Waals surface area contributed by atoms with Gasteiger partial charge in [-0.3, -0.25) is 14.9 Å². The first-order valence-electron chi connectivity index (χ1n) is 7.03. The normalized spacial score (nSPS) is 17.9. The molecule has 1 aliphatic rings. The van der Waals surface area contributed by atoms with Gasteiger partial charge in [0.25, 0.3) is 11.6 Å². The van der Waals surface area contributed by atoms with Crippen molar-refractivity contribution in [2.45, 2.75) is 6.10 Å². The Bertz CT molecular complexity index is 732. The van der Waals surface area contributed by atoms with Gasteiger partial charge in [-0.15, -0.1) is 0 Å². The summed E-state index contributed by atoms with van der Waals surface area (Å²) >= 11 is 1.57. The fourth-order valence-electron chi connectivity index (χ4n) is 2.51. The van der Waals surface area contributed by atoms with Crippen molar-refractivity contribution in [1.82, 2.24) is 4.90 Å². The summed E-state index contributed by atoms with van der Waals surface area (Å²) in [5, 5.41) is 14.9. The van der Waals surface area contributed by atoms with E-state index >= 15 is 0 Å². The lowest BCUT2D eigenvalue weighted by atomic mass is 10.1. The van der Waals surface area contributed by atoms with Gasteiger partial charge < -0.3 is 15.4 Å². The Morgan fingerprint density at radius 3 is 2.96 bits per heavy atom. The Morgan fingerprint density at radius 2 is 2.26 bits per heavy atom. The zero-order valence-corrected chi connectivity index (χ0v) is 13.0. The number of nitrogens with zero attached hydrogens (tertiary/aromatic N) is 2. The van der Waals surface area contributed by atoms with E-state index in [0.29, 0.717) is 19.7 Å². The molecule has 2 heterocycles. The lowest BCUT2D eigenvalue weighted by Crippen LogP contribution is -2.42. The van der Waals surface area contributed by atoms with Crippen molar-refractivity contribution in [2.75, 3.05) is 25.4 Å². The van der Waals surface area contributed by atoms with Crippen LogP contribution in [0.1, 0.15) is 22.0 Å². The number of ether oxygens (including phenoxy) is 1. The molecule has 0 bridgehead atoms. The Morgan fingerprint density at radius 1 is 1.43 bits per heavy atom. The summed E-state index contributed by atoms with van der Waals surface area (Å²) in [5.41, 5.74) is 6.66. The maximum atomic E-state index is 12.6. The molecule has 2 aromatic rings. The van der Waals surface area contributed by atoms with Crippen LogP contribution in [0.4, 0.5) is 11.4 Å². The van der Waals surface area contributed by atoms with Crippen LogP contribution in [0.15, 0.2) is 35.0 Å². The number of rotatable bonds is 3. The number of nitro benzene ring substituents is 1. The van der Waals surface area contributed by atoms with Gasteiger partial charge in [0.15, 0.2) is 0 Å². The standard InChI is InChI=1S/C15H15N3O4S/c16-12-2-1-10(7-13(12)18(20)21)15(19)17-4-5-22-14(8-17)11-3-6-23-9-11/h1-3,6-7,9,14H,4-5,8,16H2. The molecular formula is C15H15N3O4S. The Hall–Kier alpha value is -2.45. The van der Waals surface area contributed by atoms with E-state index in [-0.39, 0.29) is 28.9 Å². The highest BCUT2D eigenvalue weighted by Gasteiger charge is 2.27. The highest BCUT2D eigenvalue weighted by atomic mass is 32.1. The molecule has 7 nitrogen and oxygen atoms in total. The first-order valence-corrected chi connectivity index (χ1v) is 7.97. The molecule has 1 aromatic carbocycles. The summed E-state index contributed by atoms with van der Waals surface area (Å²) in [5.74, 6) is -0.253. The topological polar surface area (TPSA) is 98.7 Å². The van der Waals surface area contributed by atoms with Crippen LogP contribution in [0.2, 0.25) is 0 Å². The van der Waals surface area contributed by atoms with Gasteiger partial charge in [-0.05, 0) is 34.5 Å². The number of benzene rings is 1. The number of amides is 1. The number of nitro groups is 1. The molecule has 8 heteroatoms. The van der Waals surface area contributed by atoms with Crippen molar-refractivity contribution in [2.24, 2.45) is 0 Å². The van der Waals surface area contributed by atoms with Gasteiger partial charge in [0.2, 0.25) is 0 Å². The van der Waals surface area contributed by atoms with Gasteiger partial charge >= 0.3 is 0 Å². The molecule has 120 valence electrons. The monoisotopic (exact) mass is 333 g/mol. The third-order valence-corrected chi connectivity index (χ3v) is 4.44. The van der Waals surface area contributed by atoms with Crippen molar-refractivity contribution in [3.63, 3.8) is 0 Å². The van der Waals surface area contributed by atoms with E-state index in [1.807, 2.05) is 16.8 Å². The molecule has 1 amide bonds. The molecule has 1 fully saturated rings. The number of carbonyl (C=O) groups is 1. The zero-order valence-electron chi connectivity index (χ0n) is 12.2. The summed E-state index contributed by atoms with van der Waals surface area (Å²) in [7, 11) is 0. The van der Waals surface area contributed by atoms with E-state index in [1.165, 1.54) is 18.2 Å². The van der Waals surface area contributed by atoms with Crippen LogP contribution in [-0.4, -0.2) is 35.4 Å². The number of hydrogen-bond donors (Lipinski definition) is 1. The minimum absolute atomic E-state index is 0.0460. The average Bonchev–Trinajstić information content (AvgIpc) is 3.09. The number of thiophene rings is 1. The molecule has 0 saturated carbocycles. The van der Waals surface area contributed by atoms with Crippen molar-refractivity contribution in [1.29, 1.82) is 0 Å². The molecule has 1 unspecified atom stereocenters. The maximum absolute atomic E-state index is 12.6. The van der Waals surface area contributed by atoms with Gasteiger partial charge in [-0.2, -0.15) is 11.3 Å². The highest BCUT2D eigenvalue weighted by molar-refractivity contribution is 7.07. The lowest BCUT2D eigenvalue weighted by Gasteiger charge is -2.32. The molecule has 0 radical (unpaired) electrons. The summed E-state index contributed by atoms with van der Waals surface area (Å²) in [6.07, 6.45) is -0.164. The predicted molar refractivity (Wildman–Crippen MR) is 86.4 cm³/mol. The fourth-order valence-corrected chi connectivity index (χ4v) is 3.21. The van der Waals surface area contributed by atoms with Crippen LogP contribution in [0.3, 0.4) is 0 Å². The molecule has 1 aromatic heterocycles. The summed E-state index contributed by atoms with van der Waals surface area (Å²) in [4.78, 5) is 24.6. The molecule has 2 N–H and O–H groups in total. The molecule has 1 atom stereocenters. The number of hydrogen-bond acceptors (Lipinski definition) is 6. The minimum Gasteiger partial charge on any atom is -0.393 e. The van der Waals surface area contributed by atoms with E-state index in [2.05, 4.69) is 0 Å². The number of carbonyl (C=O) groups excluding carboxylic acids is 1. The van der Waals surface area contributed by atoms with Crippen molar-refractivity contribution >= 4 is 28.6 Å². The molecule has 23 heavy (non-hydrogen) atoms. The van der Waals surface area contributed by atoms with Gasteiger partial charge in [0.1, 0.15) is 11.8 Å². The quantitative estimate of drug-likeness (QED) is 0.528. The van der Waals surface area contributed by atoms with Crippen LogP contribution >= 0.6 is 11.3 Å². The average molecular weight is 333 g/mol. The van der Waals surface area contributed by atoms with E-state index in [4.69, 9.17) is 10.5 Å². The number of nitrogen functional groups attached to an aromatic ring is 1. The number of anilines is 1. The van der Waals surface area contributed by atoms with E-state index < -0.39 is 4.92 Å². The second-order valence-corrected chi connectivity index (χ2v) is 5.98. The first-order chi connectivity index (χ1) is 11.1. The van der Waals surface area contributed by atoms with Crippen molar-refractivity contribution in [3.8, 4) is 0 Å². The highest BCUT2D eigenvalue weighted by Crippen LogP contribution is 2.27. The first kappa shape index (κ1) is 15.4. The van der Waals surface area contributed by atoms with Gasteiger partial charge in [-0.25, -0.2) is 0 Å². The second kappa shape index (κ2) is 6.35. The van der Waals surface area contributed by atoms with E-state index in [0.717, 1.165) is 5.56 Å². The third kappa shape index (κ3) is 3.17. The molecule has 0 aliphatic carbocycles. The Balaban J connectivity index is 1.80. The maximum Gasteiger partial charge on any atom is 0.292 e. The molecular weight excluding hydrogens is 318 g/mol. The van der Waals surface area contributed by atoms with Crippen molar-refractivity contribution in [3.05, 3.63) is 56.3 Å². The van der Waals surface area contributed by atoms with Gasteiger partial charge in [0.05, 0.1) is 18.1 Å². The Labute approximate surface area is 136 Å². The summed E-state index contributed by atoms with van der Waals surface area (Å²) < 4.78 is 5.70. The number of morpholine rings is 1. The third-order valence-electron chi connectivity index (χ3n) is 3.74. The Kier molecular flexibility index (Phi) is 4.26. The lowest BCUT2D eigenvalue weighted by molar-refractivity contribution is -0.383. The van der Waals surface area contributed by atoms with Gasteiger partial charge in [0, 0.05) is 18.2 Å². The zero-order chi connectivity index (χ0) is 16.4. The second-order valence-electron chi connectivity index (χ2n) is 5.20. The number of nitrogens with two attached hydrogens (primary N) is 1. The van der Waals surface area contributed by atoms with Crippen LogP contribution in [0.25, 0.3) is 0 Å². The van der Waals surface area contributed by atoms with E-state index in [9.17, 15) is 14.9 Å². The largest absolute Gasteiger partial charge is 0.393 e. The molecule has 1 saturated heterocycles. The van der Waals surface area contributed by atoms with Gasteiger partial charge in [-0.1, -0.05) is 0 Å². The molecule has 3 rings (SSSR count). The molecule has 1 aliphatic heterocycles. The van der Waals surface area contributed by atoms with Crippen LogP contribution < -0.4 is 5.73 Å². The summed E-state index contributed by atoms with van der Waals surface area (Å²) in [6, 6.07) is 6.10. The van der Waals surface area contributed by atoms with Crippen molar-refractivity contribution < 1.29 is 14.5 Å². The van der Waals surface area contributed by atoms with Crippen LogP contribution in [0.5, 0.6) is 0 Å². The van der Waals surface area contributed by atoms with Crippen LogP contribution in [0, 0.1) is 10.1 Å². The SMILES string of the molecule is Nc1ccc(C(=O)N2CCOC(c3ccsc3)C2)cc1[N+](=O)[O-]. The molecule has 0 spiro atoms. The fraction of sp³-hybridized carbons (Fsp3) is 0.267. The minimum atomic E-state index is -0.584.